The summed E-state index contributed by atoms with van der Waals surface area (Å²) in [6.07, 6.45) is 4.78. The summed E-state index contributed by atoms with van der Waals surface area (Å²) >= 11 is 0. The topological polar surface area (TPSA) is 66.5 Å². The van der Waals surface area contributed by atoms with Gasteiger partial charge < -0.3 is 5.32 Å². The van der Waals surface area contributed by atoms with Gasteiger partial charge in [0, 0.05) is 12.1 Å². The lowest BCUT2D eigenvalue weighted by molar-refractivity contribution is -0.122. The molecule has 6 heteroatoms. The largest absolute Gasteiger partial charge is 0.353 e. The number of rotatable bonds is 6. The van der Waals surface area contributed by atoms with E-state index >= 15 is 0 Å². The van der Waals surface area contributed by atoms with Gasteiger partial charge >= 0.3 is 0 Å². The number of aryl methyl sites for hydroxylation is 3. The van der Waals surface area contributed by atoms with Gasteiger partial charge in [-0.1, -0.05) is 37.0 Å². The Morgan fingerprint density at radius 2 is 1.65 bits per heavy atom. The Labute approximate surface area is 158 Å². The van der Waals surface area contributed by atoms with E-state index < -0.39 is 10.0 Å². The van der Waals surface area contributed by atoms with Crippen LogP contribution in [0.5, 0.6) is 0 Å². The van der Waals surface area contributed by atoms with E-state index in [9.17, 15) is 13.2 Å². The minimum atomic E-state index is -3.74. The highest BCUT2D eigenvalue weighted by Gasteiger charge is 2.35. The van der Waals surface area contributed by atoms with Gasteiger partial charge in [0.15, 0.2) is 0 Å². The van der Waals surface area contributed by atoms with Gasteiger partial charge in [-0.15, -0.1) is 0 Å². The van der Waals surface area contributed by atoms with E-state index in [-0.39, 0.29) is 24.5 Å². The number of nitrogens with one attached hydrogen (secondary N) is 1. The Balaban J connectivity index is 2.44. The first-order valence-electron chi connectivity index (χ1n) is 9.52. The van der Waals surface area contributed by atoms with Crippen LogP contribution in [0.4, 0.5) is 0 Å². The lowest BCUT2D eigenvalue weighted by Gasteiger charge is -2.34. The Kier molecular flexibility index (Phi) is 6.86. The van der Waals surface area contributed by atoms with Crippen molar-refractivity contribution in [1.29, 1.82) is 0 Å². The summed E-state index contributed by atoms with van der Waals surface area (Å²) in [4.78, 5) is 12.7. The van der Waals surface area contributed by atoms with Crippen molar-refractivity contribution in [2.24, 2.45) is 0 Å². The van der Waals surface area contributed by atoms with Crippen molar-refractivity contribution >= 4 is 15.9 Å². The van der Waals surface area contributed by atoms with Crippen molar-refractivity contribution < 1.29 is 13.2 Å². The van der Waals surface area contributed by atoms with Gasteiger partial charge in [0.1, 0.15) is 0 Å². The Morgan fingerprint density at radius 1 is 1.12 bits per heavy atom. The zero-order valence-corrected chi connectivity index (χ0v) is 17.4. The normalized spacial score (nSPS) is 16.3. The number of sulfonamides is 1. The van der Waals surface area contributed by atoms with Crippen molar-refractivity contribution in [2.75, 3.05) is 6.54 Å². The zero-order chi connectivity index (χ0) is 19.5. The maximum absolute atomic E-state index is 13.6. The smallest absolute Gasteiger partial charge is 0.244 e. The first-order chi connectivity index (χ1) is 12.1. The number of hydrogen-bond acceptors (Lipinski definition) is 3. The van der Waals surface area contributed by atoms with Gasteiger partial charge in [0.25, 0.3) is 0 Å². The van der Waals surface area contributed by atoms with E-state index in [2.05, 4.69) is 5.32 Å². The maximum atomic E-state index is 13.6. The van der Waals surface area contributed by atoms with Gasteiger partial charge in [0.2, 0.25) is 15.9 Å². The zero-order valence-electron chi connectivity index (χ0n) is 16.6. The first kappa shape index (κ1) is 20.9. The molecule has 1 aromatic carbocycles. The van der Waals surface area contributed by atoms with Crippen molar-refractivity contribution in [1.82, 2.24) is 9.62 Å². The molecule has 0 bridgehead atoms. The molecule has 1 N–H and O–H groups in total. The Hall–Kier alpha value is -1.40. The van der Waals surface area contributed by atoms with Gasteiger partial charge in [0.05, 0.1) is 11.4 Å². The Morgan fingerprint density at radius 3 is 2.15 bits per heavy atom. The first-order valence-corrected chi connectivity index (χ1v) is 11.0. The highest BCUT2D eigenvalue weighted by Crippen LogP contribution is 2.31. The van der Waals surface area contributed by atoms with Crippen LogP contribution in [0.2, 0.25) is 0 Å². The number of nitrogens with zero attached hydrogens (tertiary/aromatic N) is 1. The van der Waals surface area contributed by atoms with E-state index in [1.54, 1.807) is 0 Å². The molecule has 146 valence electrons. The molecule has 1 aromatic rings. The molecule has 0 radical (unpaired) electrons. The molecule has 0 unspecified atom stereocenters. The third kappa shape index (κ3) is 4.86. The number of amides is 1. The third-order valence-corrected chi connectivity index (χ3v) is 7.11. The van der Waals surface area contributed by atoms with Crippen LogP contribution in [0.3, 0.4) is 0 Å². The molecule has 0 spiro atoms. The minimum Gasteiger partial charge on any atom is -0.353 e. The van der Waals surface area contributed by atoms with Crippen LogP contribution in [0.1, 0.15) is 62.6 Å². The number of hydrogen-bond donors (Lipinski definition) is 1. The lowest BCUT2D eigenvalue weighted by Crippen LogP contribution is -2.48. The highest BCUT2D eigenvalue weighted by atomic mass is 32.2. The summed E-state index contributed by atoms with van der Waals surface area (Å²) in [7, 11) is -3.74. The lowest BCUT2D eigenvalue weighted by atomic mass is 9.95. The van der Waals surface area contributed by atoms with E-state index in [0.717, 1.165) is 48.8 Å². The molecule has 5 nitrogen and oxygen atoms in total. The molecule has 0 atom stereocenters. The number of carbonyl (C=O) groups is 1. The molecule has 1 saturated carbocycles. The highest BCUT2D eigenvalue weighted by molar-refractivity contribution is 7.89. The molecule has 1 amide bonds. The van der Waals surface area contributed by atoms with Crippen molar-refractivity contribution in [2.45, 2.75) is 83.7 Å². The fraction of sp³-hybridized carbons (Fsp3) is 0.650. The average Bonchev–Trinajstić information content (AvgIpc) is 2.51. The standard InChI is InChI=1S/C20H32N2O3S/c1-14(2)21-19(23)13-22(18-9-7-6-8-10-18)26(24,25)20-16(4)11-15(3)12-17(20)5/h11-12,14,18H,6-10,13H2,1-5H3,(H,21,23). The van der Waals surface area contributed by atoms with Gasteiger partial charge in [-0.05, 0) is 58.6 Å². The fourth-order valence-electron chi connectivity index (χ4n) is 3.98. The van der Waals surface area contributed by atoms with E-state index in [1.807, 2.05) is 46.8 Å². The van der Waals surface area contributed by atoms with Crippen LogP contribution in [0.25, 0.3) is 0 Å². The molecule has 0 aromatic heterocycles. The quantitative estimate of drug-likeness (QED) is 0.822. The predicted molar refractivity (Wildman–Crippen MR) is 105 cm³/mol. The summed E-state index contributed by atoms with van der Waals surface area (Å²) in [5, 5.41) is 2.83. The fourth-order valence-corrected chi connectivity index (χ4v) is 6.04. The molecule has 26 heavy (non-hydrogen) atoms. The van der Waals surface area contributed by atoms with Gasteiger partial charge in [-0.2, -0.15) is 4.31 Å². The average molecular weight is 381 g/mol. The monoisotopic (exact) mass is 380 g/mol. The van der Waals surface area contributed by atoms with Crippen molar-refractivity contribution in [3.05, 3.63) is 28.8 Å². The van der Waals surface area contributed by atoms with Crippen molar-refractivity contribution in [3.63, 3.8) is 0 Å². The molecular weight excluding hydrogens is 348 g/mol. The second kappa shape index (κ2) is 8.53. The molecule has 1 aliphatic rings. The molecule has 0 heterocycles. The summed E-state index contributed by atoms with van der Waals surface area (Å²) < 4.78 is 28.6. The summed E-state index contributed by atoms with van der Waals surface area (Å²) in [6.45, 7) is 9.28. The van der Waals surface area contributed by atoms with Crippen LogP contribution in [-0.4, -0.2) is 37.3 Å². The second-order valence-electron chi connectivity index (χ2n) is 7.79. The SMILES string of the molecule is Cc1cc(C)c(S(=O)(=O)N(CC(=O)NC(C)C)C2CCCCC2)c(C)c1. The van der Waals surface area contributed by atoms with Crippen LogP contribution in [-0.2, 0) is 14.8 Å². The summed E-state index contributed by atoms with van der Waals surface area (Å²) in [5.74, 6) is -0.239. The van der Waals surface area contributed by atoms with E-state index in [0.29, 0.717) is 4.90 Å². The Bertz CT molecular complexity index is 727. The number of carbonyl (C=O) groups excluding carboxylic acids is 1. The summed E-state index contributed by atoms with van der Waals surface area (Å²) in [5.41, 5.74) is 2.53. The van der Waals surface area contributed by atoms with Crippen LogP contribution in [0.15, 0.2) is 17.0 Å². The molecule has 1 fully saturated rings. The van der Waals surface area contributed by atoms with Crippen molar-refractivity contribution in [3.8, 4) is 0 Å². The number of benzene rings is 1. The third-order valence-electron chi connectivity index (χ3n) is 4.90. The molecule has 1 aliphatic carbocycles. The van der Waals surface area contributed by atoms with Crippen LogP contribution >= 0.6 is 0 Å². The van der Waals surface area contributed by atoms with Crippen LogP contribution < -0.4 is 5.32 Å². The molecular formula is C20H32N2O3S. The second-order valence-corrected chi connectivity index (χ2v) is 9.62. The van der Waals surface area contributed by atoms with E-state index in [4.69, 9.17) is 0 Å². The molecule has 2 rings (SSSR count). The van der Waals surface area contributed by atoms with Gasteiger partial charge in [-0.3, -0.25) is 4.79 Å². The summed E-state index contributed by atoms with van der Waals surface area (Å²) in [6, 6.07) is 3.67. The van der Waals surface area contributed by atoms with Crippen LogP contribution in [0, 0.1) is 20.8 Å². The predicted octanol–water partition coefficient (Wildman–Crippen LogP) is 3.46. The maximum Gasteiger partial charge on any atom is 0.244 e. The molecule has 0 saturated heterocycles. The van der Waals surface area contributed by atoms with E-state index in [1.165, 1.54) is 4.31 Å². The minimum absolute atomic E-state index is 0.0127. The molecule has 0 aliphatic heterocycles. The van der Waals surface area contributed by atoms with Gasteiger partial charge in [-0.25, -0.2) is 8.42 Å².